The van der Waals surface area contributed by atoms with Crippen molar-refractivity contribution in [3.05, 3.63) is 11.9 Å². The molecule has 6 N–H and O–H groups in total. The van der Waals surface area contributed by atoms with Crippen LogP contribution in [0.2, 0.25) is 0 Å². The number of hydrogen-bond acceptors (Lipinski definition) is 4. The van der Waals surface area contributed by atoms with Gasteiger partial charge in [0.05, 0.1) is 24.1 Å². The van der Waals surface area contributed by atoms with E-state index in [1.54, 1.807) is 6.20 Å². The van der Waals surface area contributed by atoms with E-state index in [-0.39, 0.29) is 6.54 Å². The molecule has 6 nitrogen and oxygen atoms in total. The Morgan fingerprint density at radius 1 is 1.75 bits per heavy atom. The Hall–Kier alpha value is -1.56. The molecule has 0 atom stereocenters. The normalized spacial score (nSPS) is 9.75. The van der Waals surface area contributed by atoms with E-state index >= 15 is 0 Å². The molecule has 1 aromatic heterocycles. The van der Waals surface area contributed by atoms with E-state index in [0.29, 0.717) is 6.54 Å². The Bertz CT molecular complexity index is 269. The Morgan fingerprint density at radius 3 is 3.08 bits per heavy atom. The number of hydrogen-bond donors (Lipinski definition) is 4. The van der Waals surface area contributed by atoms with Gasteiger partial charge in [0, 0.05) is 6.54 Å². The van der Waals surface area contributed by atoms with Crippen LogP contribution in [0.5, 0.6) is 0 Å². The van der Waals surface area contributed by atoms with Crippen LogP contribution in [0, 0.1) is 0 Å². The van der Waals surface area contributed by atoms with Crippen molar-refractivity contribution in [3.8, 4) is 0 Å². The summed E-state index contributed by atoms with van der Waals surface area (Å²) in [5, 5.41) is 9.24. The van der Waals surface area contributed by atoms with E-state index in [0.717, 1.165) is 11.4 Å². The maximum absolute atomic E-state index is 10.4. The molecule has 66 valence electrons. The van der Waals surface area contributed by atoms with Gasteiger partial charge in [-0.15, -0.1) is 0 Å². The molecular formula is C6H11N5O. The van der Waals surface area contributed by atoms with E-state index in [1.807, 2.05) is 0 Å². The first-order valence-corrected chi connectivity index (χ1v) is 3.48. The fourth-order valence-corrected chi connectivity index (χ4v) is 0.803. The van der Waals surface area contributed by atoms with Crippen molar-refractivity contribution in [2.75, 3.05) is 11.9 Å². The molecular weight excluding hydrogens is 158 g/mol. The second-order valence-electron chi connectivity index (χ2n) is 2.29. The minimum atomic E-state index is -0.417. The molecule has 0 spiro atoms. The van der Waals surface area contributed by atoms with Crippen molar-refractivity contribution < 1.29 is 4.79 Å². The third kappa shape index (κ3) is 1.96. The molecule has 1 amide bonds. The van der Waals surface area contributed by atoms with E-state index in [9.17, 15) is 4.79 Å². The first kappa shape index (κ1) is 8.54. The van der Waals surface area contributed by atoms with E-state index < -0.39 is 5.91 Å². The van der Waals surface area contributed by atoms with E-state index in [2.05, 4.69) is 15.5 Å². The van der Waals surface area contributed by atoms with E-state index in [4.69, 9.17) is 11.5 Å². The summed E-state index contributed by atoms with van der Waals surface area (Å²) in [7, 11) is 0. The molecule has 6 heteroatoms. The average Bonchev–Trinajstić information content (AvgIpc) is 2.47. The molecule has 0 aliphatic carbocycles. The number of carbonyl (C=O) groups excluding carboxylic acids is 1. The van der Waals surface area contributed by atoms with Crippen LogP contribution in [0.25, 0.3) is 0 Å². The van der Waals surface area contributed by atoms with E-state index in [1.165, 1.54) is 0 Å². The van der Waals surface area contributed by atoms with Gasteiger partial charge in [0.15, 0.2) is 0 Å². The lowest BCUT2D eigenvalue weighted by atomic mass is 10.3. The van der Waals surface area contributed by atoms with Crippen LogP contribution in [-0.2, 0) is 11.3 Å². The van der Waals surface area contributed by atoms with Gasteiger partial charge in [-0.25, -0.2) is 0 Å². The minimum absolute atomic E-state index is 0.0898. The molecule has 1 rings (SSSR count). The van der Waals surface area contributed by atoms with Crippen molar-refractivity contribution in [1.29, 1.82) is 0 Å². The second-order valence-corrected chi connectivity index (χ2v) is 2.29. The summed E-state index contributed by atoms with van der Waals surface area (Å²) in [5.74, 6) is -0.417. The van der Waals surface area contributed by atoms with Gasteiger partial charge >= 0.3 is 0 Å². The van der Waals surface area contributed by atoms with Gasteiger partial charge in [-0.05, 0) is 0 Å². The number of carbonyl (C=O) groups is 1. The smallest absolute Gasteiger partial charge is 0.236 e. The number of anilines is 1. The van der Waals surface area contributed by atoms with Gasteiger partial charge in [-0.3, -0.25) is 9.89 Å². The van der Waals surface area contributed by atoms with Gasteiger partial charge in [-0.1, -0.05) is 0 Å². The summed E-state index contributed by atoms with van der Waals surface area (Å²) < 4.78 is 0. The first-order chi connectivity index (χ1) is 5.74. The topological polar surface area (TPSA) is 110 Å². The van der Waals surface area contributed by atoms with Gasteiger partial charge < -0.3 is 16.8 Å². The fraction of sp³-hybridized carbons (Fsp3) is 0.333. The SMILES string of the molecule is NCc1[nH]ncc1NCC(N)=O. The third-order valence-electron chi connectivity index (χ3n) is 1.38. The van der Waals surface area contributed by atoms with Crippen LogP contribution in [0.3, 0.4) is 0 Å². The molecule has 0 bridgehead atoms. The molecule has 0 saturated carbocycles. The molecule has 0 fully saturated rings. The lowest BCUT2D eigenvalue weighted by Gasteiger charge is -2.01. The van der Waals surface area contributed by atoms with Crippen molar-refractivity contribution in [2.24, 2.45) is 11.5 Å². The molecule has 12 heavy (non-hydrogen) atoms. The molecule has 0 aromatic carbocycles. The number of nitrogens with two attached hydrogens (primary N) is 2. The predicted octanol–water partition coefficient (Wildman–Crippen LogP) is -1.23. The number of nitrogens with zero attached hydrogens (tertiary/aromatic N) is 1. The van der Waals surface area contributed by atoms with Crippen LogP contribution in [0.15, 0.2) is 6.20 Å². The first-order valence-electron chi connectivity index (χ1n) is 3.48. The van der Waals surface area contributed by atoms with Gasteiger partial charge in [0.2, 0.25) is 5.91 Å². The van der Waals surface area contributed by atoms with Crippen LogP contribution in [0.1, 0.15) is 5.69 Å². The quantitative estimate of drug-likeness (QED) is 0.452. The molecule has 0 radical (unpaired) electrons. The highest BCUT2D eigenvalue weighted by molar-refractivity contribution is 5.78. The summed E-state index contributed by atoms with van der Waals surface area (Å²) in [6.07, 6.45) is 1.56. The Kier molecular flexibility index (Phi) is 2.65. The molecule has 0 unspecified atom stereocenters. The fourth-order valence-electron chi connectivity index (χ4n) is 0.803. The van der Waals surface area contributed by atoms with Crippen molar-refractivity contribution >= 4 is 11.6 Å². The number of amides is 1. The monoisotopic (exact) mass is 169 g/mol. The number of nitrogens with one attached hydrogen (secondary N) is 2. The zero-order valence-corrected chi connectivity index (χ0v) is 6.50. The summed E-state index contributed by atoms with van der Waals surface area (Å²) in [6, 6.07) is 0. The number of aromatic amines is 1. The Labute approximate surface area is 69.3 Å². The van der Waals surface area contributed by atoms with Crippen molar-refractivity contribution in [3.63, 3.8) is 0 Å². The zero-order chi connectivity index (χ0) is 8.97. The highest BCUT2D eigenvalue weighted by Crippen LogP contribution is 2.08. The van der Waals surface area contributed by atoms with Crippen LogP contribution >= 0.6 is 0 Å². The number of H-pyrrole nitrogens is 1. The van der Waals surface area contributed by atoms with Crippen molar-refractivity contribution in [2.45, 2.75) is 6.54 Å². The Balaban J connectivity index is 2.56. The molecule has 0 aliphatic heterocycles. The number of aromatic nitrogens is 2. The third-order valence-corrected chi connectivity index (χ3v) is 1.38. The standard InChI is InChI=1S/C6H11N5O/c7-1-4-5(2-10-11-4)9-3-6(8)12/h2,9H,1,3,7H2,(H2,8,12)(H,10,11). The summed E-state index contributed by atoms with van der Waals surface area (Å²) in [6.45, 7) is 0.438. The predicted molar refractivity (Wildman–Crippen MR) is 44.2 cm³/mol. The molecule has 1 aromatic rings. The number of primary amides is 1. The molecule has 0 saturated heterocycles. The summed E-state index contributed by atoms with van der Waals surface area (Å²) >= 11 is 0. The highest BCUT2D eigenvalue weighted by atomic mass is 16.1. The van der Waals surface area contributed by atoms with Gasteiger partial charge in [0.1, 0.15) is 0 Å². The molecule has 0 aliphatic rings. The van der Waals surface area contributed by atoms with Crippen LogP contribution < -0.4 is 16.8 Å². The lowest BCUT2D eigenvalue weighted by Crippen LogP contribution is -2.22. The van der Waals surface area contributed by atoms with Crippen molar-refractivity contribution in [1.82, 2.24) is 10.2 Å². The zero-order valence-electron chi connectivity index (χ0n) is 6.50. The highest BCUT2D eigenvalue weighted by Gasteiger charge is 2.02. The maximum atomic E-state index is 10.4. The minimum Gasteiger partial charge on any atom is -0.373 e. The maximum Gasteiger partial charge on any atom is 0.236 e. The summed E-state index contributed by atoms with van der Waals surface area (Å²) in [5.41, 5.74) is 11.8. The van der Waals surface area contributed by atoms with Gasteiger partial charge in [-0.2, -0.15) is 5.10 Å². The largest absolute Gasteiger partial charge is 0.373 e. The summed E-state index contributed by atoms with van der Waals surface area (Å²) in [4.78, 5) is 10.4. The van der Waals surface area contributed by atoms with Crippen LogP contribution in [0.4, 0.5) is 5.69 Å². The van der Waals surface area contributed by atoms with Crippen LogP contribution in [-0.4, -0.2) is 22.6 Å². The second kappa shape index (κ2) is 3.72. The average molecular weight is 169 g/mol. The lowest BCUT2D eigenvalue weighted by molar-refractivity contribution is -0.116. The Morgan fingerprint density at radius 2 is 2.50 bits per heavy atom. The van der Waals surface area contributed by atoms with Gasteiger partial charge in [0.25, 0.3) is 0 Å². The number of rotatable bonds is 4. The molecule has 1 heterocycles.